The number of nitrogens with zero attached hydrogens (tertiary/aromatic N) is 2. The van der Waals surface area contributed by atoms with Crippen LogP contribution in [-0.2, 0) is 0 Å². The molecule has 1 aliphatic heterocycles. The first-order valence-corrected chi connectivity index (χ1v) is 7.79. The van der Waals surface area contributed by atoms with Gasteiger partial charge in [-0.15, -0.1) is 0 Å². The maximum absolute atomic E-state index is 12.3. The molecule has 0 saturated carbocycles. The number of carbonyl (C=O) groups is 2. The minimum absolute atomic E-state index is 0.00550. The molecule has 5 nitrogen and oxygen atoms in total. The van der Waals surface area contributed by atoms with E-state index in [0.29, 0.717) is 24.2 Å². The van der Waals surface area contributed by atoms with Gasteiger partial charge in [0.25, 0.3) is 11.8 Å². The highest BCUT2D eigenvalue weighted by atomic mass is 16.2. The van der Waals surface area contributed by atoms with Gasteiger partial charge in [-0.3, -0.25) is 14.6 Å². The van der Waals surface area contributed by atoms with Crippen molar-refractivity contribution in [2.24, 2.45) is 0 Å². The van der Waals surface area contributed by atoms with Gasteiger partial charge in [0, 0.05) is 37.1 Å². The summed E-state index contributed by atoms with van der Waals surface area (Å²) in [6, 6.07) is 12.8. The van der Waals surface area contributed by atoms with Crippen molar-refractivity contribution in [2.45, 2.75) is 18.9 Å². The second-order valence-electron chi connectivity index (χ2n) is 5.65. The molecular weight excluding hydrogens is 290 g/mol. The number of carbonyl (C=O) groups excluding carboxylic acids is 2. The molecule has 0 spiro atoms. The summed E-state index contributed by atoms with van der Waals surface area (Å²) in [5, 5.41) is 3.05. The van der Waals surface area contributed by atoms with E-state index in [1.165, 1.54) is 0 Å². The highest BCUT2D eigenvalue weighted by Crippen LogP contribution is 2.14. The second kappa shape index (κ2) is 7.05. The number of benzene rings is 1. The molecule has 2 heterocycles. The van der Waals surface area contributed by atoms with Crippen molar-refractivity contribution >= 4 is 11.8 Å². The molecule has 0 atom stereocenters. The molecule has 1 saturated heterocycles. The summed E-state index contributed by atoms with van der Waals surface area (Å²) in [6.45, 7) is 1.29. The van der Waals surface area contributed by atoms with E-state index in [2.05, 4.69) is 10.3 Å². The monoisotopic (exact) mass is 309 g/mol. The summed E-state index contributed by atoms with van der Waals surface area (Å²) in [5.74, 6) is -0.0476. The average Bonchev–Trinajstić information content (AvgIpc) is 2.63. The van der Waals surface area contributed by atoms with E-state index < -0.39 is 0 Å². The first kappa shape index (κ1) is 15.2. The zero-order valence-corrected chi connectivity index (χ0v) is 12.8. The number of amides is 2. The number of pyridine rings is 1. The molecule has 0 radical (unpaired) electrons. The molecule has 23 heavy (non-hydrogen) atoms. The van der Waals surface area contributed by atoms with Crippen LogP contribution in [0.15, 0.2) is 54.9 Å². The molecule has 118 valence electrons. The van der Waals surface area contributed by atoms with Crippen molar-refractivity contribution in [2.75, 3.05) is 13.1 Å². The van der Waals surface area contributed by atoms with E-state index in [-0.39, 0.29) is 17.9 Å². The summed E-state index contributed by atoms with van der Waals surface area (Å²) in [4.78, 5) is 30.3. The lowest BCUT2D eigenvalue weighted by Crippen LogP contribution is -2.46. The van der Waals surface area contributed by atoms with Crippen molar-refractivity contribution in [3.63, 3.8) is 0 Å². The molecule has 1 aliphatic rings. The zero-order valence-electron chi connectivity index (χ0n) is 12.8. The highest BCUT2D eigenvalue weighted by molar-refractivity contribution is 5.95. The summed E-state index contributed by atoms with van der Waals surface area (Å²) in [7, 11) is 0. The summed E-state index contributed by atoms with van der Waals surface area (Å²) in [5.41, 5.74) is 1.28. The molecule has 1 aromatic carbocycles. The maximum atomic E-state index is 12.3. The smallest absolute Gasteiger partial charge is 0.255 e. The quantitative estimate of drug-likeness (QED) is 0.944. The molecule has 5 heteroatoms. The van der Waals surface area contributed by atoms with Gasteiger partial charge in [0.2, 0.25) is 0 Å². The van der Waals surface area contributed by atoms with Crippen molar-refractivity contribution in [3.05, 3.63) is 66.0 Å². The maximum Gasteiger partial charge on any atom is 0.255 e. The Hall–Kier alpha value is -2.69. The molecule has 1 aromatic heterocycles. The van der Waals surface area contributed by atoms with Gasteiger partial charge < -0.3 is 10.2 Å². The van der Waals surface area contributed by atoms with Gasteiger partial charge in [-0.1, -0.05) is 18.2 Å². The molecular formula is C18H19N3O2. The predicted octanol–water partition coefficient (Wildman–Crippen LogP) is 2.12. The number of likely N-dealkylation sites (tertiary alicyclic amines) is 1. The molecule has 3 rings (SSSR count). The Balaban J connectivity index is 1.53. The number of rotatable bonds is 3. The minimum Gasteiger partial charge on any atom is -0.349 e. The molecule has 1 fully saturated rings. The standard InChI is InChI=1S/C18H19N3O2/c22-17(14-5-2-1-3-6-14)20-16-8-11-21(12-9-16)18(23)15-7-4-10-19-13-15/h1-7,10,13,16H,8-9,11-12H2,(H,20,22). The largest absolute Gasteiger partial charge is 0.349 e. The van der Waals surface area contributed by atoms with Gasteiger partial charge in [-0.2, -0.15) is 0 Å². The molecule has 0 unspecified atom stereocenters. The van der Waals surface area contributed by atoms with Crippen LogP contribution in [0.5, 0.6) is 0 Å². The lowest BCUT2D eigenvalue weighted by Gasteiger charge is -2.32. The van der Waals surface area contributed by atoms with Crippen LogP contribution in [0.25, 0.3) is 0 Å². The van der Waals surface area contributed by atoms with Crippen molar-refractivity contribution in [3.8, 4) is 0 Å². The van der Waals surface area contributed by atoms with Crippen LogP contribution in [0.1, 0.15) is 33.6 Å². The van der Waals surface area contributed by atoms with E-state index in [1.807, 2.05) is 23.1 Å². The molecule has 2 aromatic rings. The number of hydrogen-bond donors (Lipinski definition) is 1. The Bertz CT molecular complexity index is 665. The van der Waals surface area contributed by atoms with E-state index in [9.17, 15) is 9.59 Å². The second-order valence-corrected chi connectivity index (χ2v) is 5.65. The Morgan fingerprint density at radius 1 is 1.00 bits per heavy atom. The van der Waals surface area contributed by atoms with Gasteiger partial charge in [-0.25, -0.2) is 0 Å². The number of hydrogen-bond acceptors (Lipinski definition) is 3. The van der Waals surface area contributed by atoms with Crippen LogP contribution in [0.4, 0.5) is 0 Å². The van der Waals surface area contributed by atoms with Gasteiger partial charge in [0.1, 0.15) is 0 Å². The third-order valence-corrected chi connectivity index (χ3v) is 4.06. The Labute approximate surface area is 135 Å². The lowest BCUT2D eigenvalue weighted by molar-refractivity contribution is 0.0697. The van der Waals surface area contributed by atoms with E-state index in [0.717, 1.165) is 12.8 Å². The highest BCUT2D eigenvalue weighted by Gasteiger charge is 2.24. The lowest BCUT2D eigenvalue weighted by atomic mass is 10.0. The van der Waals surface area contributed by atoms with Gasteiger partial charge in [0.05, 0.1) is 5.56 Å². The topological polar surface area (TPSA) is 62.3 Å². The minimum atomic E-state index is -0.0531. The van der Waals surface area contributed by atoms with Crippen molar-refractivity contribution in [1.29, 1.82) is 0 Å². The van der Waals surface area contributed by atoms with Gasteiger partial charge >= 0.3 is 0 Å². The zero-order chi connectivity index (χ0) is 16.1. The fourth-order valence-electron chi connectivity index (χ4n) is 2.76. The van der Waals surface area contributed by atoms with Crippen LogP contribution in [-0.4, -0.2) is 40.8 Å². The van der Waals surface area contributed by atoms with E-state index in [4.69, 9.17) is 0 Å². The first-order chi connectivity index (χ1) is 11.2. The summed E-state index contributed by atoms with van der Waals surface area (Å²) in [6.07, 6.45) is 4.78. The van der Waals surface area contributed by atoms with Gasteiger partial charge in [-0.05, 0) is 37.1 Å². The third kappa shape index (κ3) is 3.74. The van der Waals surface area contributed by atoms with Crippen molar-refractivity contribution in [1.82, 2.24) is 15.2 Å². The van der Waals surface area contributed by atoms with E-state index in [1.54, 1.807) is 36.7 Å². The molecule has 0 bridgehead atoms. The summed E-state index contributed by atoms with van der Waals surface area (Å²) >= 11 is 0. The molecule has 2 amide bonds. The Morgan fingerprint density at radius 3 is 2.35 bits per heavy atom. The number of aromatic nitrogens is 1. The van der Waals surface area contributed by atoms with Gasteiger partial charge in [0.15, 0.2) is 0 Å². The predicted molar refractivity (Wildman–Crippen MR) is 87.1 cm³/mol. The normalized spacial score (nSPS) is 15.2. The number of piperidine rings is 1. The van der Waals surface area contributed by atoms with Crippen LogP contribution in [0, 0.1) is 0 Å². The fourth-order valence-corrected chi connectivity index (χ4v) is 2.76. The van der Waals surface area contributed by atoms with E-state index >= 15 is 0 Å². The van der Waals surface area contributed by atoms with Crippen LogP contribution < -0.4 is 5.32 Å². The molecule has 1 N–H and O–H groups in total. The summed E-state index contributed by atoms with van der Waals surface area (Å²) < 4.78 is 0. The van der Waals surface area contributed by atoms with Crippen LogP contribution >= 0.6 is 0 Å². The third-order valence-electron chi connectivity index (χ3n) is 4.06. The van der Waals surface area contributed by atoms with Crippen LogP contribution in [0.3, 0.4) is 0 Å². The first-order valence-electron chi connectivity index (χ1n) is 7.79. The fraction of sp³-hybridized carbons (Fsp3) is 0.278. The van der Waals surface area contributed by atoms with Crippen LogP contribution in [0.2, 0.25) is 0 Å². The Kier molecular flexibility index (Phi) is 4.66. The number of nitrogens with one attached hydrogen (secondary N) is 1. The molecule has 0 aliphatic carbocycles. The average molecular weight is 309 g/mol. The van der Waals surface area contributed by atoms with Crippen molar-refractivity contribution < 1.29 is 9.59 Å². The Morgan fingerprint density at radius 2 is 1.70 bits per heavy atom. The SMILES string of the molecule is O=C(NC1CCN(C(=O)c2cccnc2)CC1)c1ccccc1.